The summed E-state index contributed by atoms with van der Waals surface area (Å²) in [5.41, 5.74) is 3.50. The van der Waals surface area contributed by atoms with Crippen molar-refractivity contribution in [1.29, 1.82) is 0 Å². The number of hydrogen-bond acceptors (Lipinski definition) is 2. The molecule has 0 saturated heterocycles. The molecule has 0 fully saturated rings. The maximum atomic E-state index is 6.13. The fourth-order valence-electron chi connectivity index (χ4n) is 2.04. The zero-order valence-electron chi connectivity index (χ0n) is 10.8. The molecule has 1 heterocycles. The van der Waals surface area contributed by atoms with Crippen molar-refractivity contribution in [2.45, 2.75) is 6.54 Å². The van der Waals surface area contributed by atoms with Gasteiger partial charge in [-0.05, 0) is 34.7 Å². The average molecular weight is 300 g/mol. The zero-order chi connectivity index (χ0) is 13.8. The first-order chi connectivity index (χ1) is 9.83. The predicted molar refractivity (Wildman–Crippen MR) is 88.5 cm³/mol. The van der Waals surface area contributed by atoms with Crippen LogP contribution in [0, 0.1) is 0 Å². The highest BCUT2D eigenvalue weighted by atomic mass is 35.5. The van der Waals surface area contributed by atoms with Crippen LogP contribution >= 0.6 is 22.9 Å². The maximum absolute atomic E-state index is 6.13. The first-order valence-electron chi connectivity index (χ1n) is 6.44. The molecule has 0 unspecified atom stereocenters. The molecule has 20 heavy (non-hydrogen) atoms. The van der Waals surface area contributed by atoms with Crippen molar-refractivity contribution >= 4 is 28.6 Å². The maximum Gasteiger partial charge on any atom is 0.0637 e. The van der Waals surface area contributed by atoms with E-state index >= 15 is 0 Å². The second-order valence-electron chi connectivity index (χ2n) is 4.50. The quantitative estimate of drug-likeness (QED) is 0.653. The smallest absolute Gasteiger partial charge is 0.0637 e. The lowest BCUT2D eigenvalue weighted by Gasteiger charge is -2.06. The lowest BCUT2D eigenvalue weighted by molar-refractivity contribution is 1.19. The van der Waals surface area contributed by atoms with Crippen LogP contribution in [0.2, 0.25) is 5.02 Å². The van der Waals surface area contributed by atoms with Crippen LogP contribution in [0.25, 0.3) is 11.1 Å². The largest absolute Gasteiger partial charge is 0.379 e. The summed E-state index contributed by atoms with van der Waals surface area (Å²) in [6, 6.07) is 20.5. The minimum Gasteiger partial charge on any atom is -0.379 e. The van der Waals surface area contributed by atoms with Crippen molar-refractivity contribution in [3.8, 4) is 11.1 Å². The minimum atomic E-state index is 0.757. The monoisotopic (exact) mass is 299 g/mol. The lowest BCUT2D eigenvalue weighted by atomic mass is 10.1. The van der Waals surface area contributed by atoms with Gasteiger partial charge in [0.15, 0.2) is 0 Å². The molecule has 1 aromatic heterocycles. The first kappa shape index (κ1) is 13.2. The Kier molecular flexibility index (Phi) is 4.05. The van der Waals surface area contributed by atoms with Crippen molar-refractivity contribution in [2.75, 3.05) is 5.32 Å². The molecule has 1 nitrogen and oxygen atoms in total. The number of rotatable bonds is 4. The van der Waals surface area contributed by atoms with Crippen molar-refractivity contribution < 1.29 is 0 Å². The fraction of sp³-hybridized carbons (Fsp3) is 0.0588. The summed E-state index contributed by atoms with van der Waals surface area (Å²) in [6.07, 6.45) is 0. The molecule has 2 aromatic carbocycles. The second kappa shape index (κ2) is 6.12. The number of thiophene rings is 1. The summed E-state index contributed by atoms with van der Waals surface area (Å²) in [5.74, 6) is 0. The van der Waals surface area contributed by atoms with Gasteiger partial charge in [-0.1, -0.05) is 54.1 Å². The molecule has 1 N–H and O–H groups in total. The SMILES string of the molecule is Clc1ccccc1NCc1cc(-c2ccccc2)cs1. The molecule has 0 bridgehead atoms. The van der Waals surface area contributed by atoms with Crippen LogP contribution in [0.4, 0.5) is 5.69 Å². The molecule has 0 radical (unpaired) electrons. The van der Waals surface area contributed by atoms with Crippen LogP contribution in [0.3, 0.4) is 0 Å². The standard InChI is InChI=1S/C17H14ClNS/c18-16-8-4-5-9-17(16)19-11-15-10-14(12-20-15)13-6-2-1-3-7-13/h1-10,12,19H,11H2. The Labute approximate surface area is 127 Å². The van der Waals surface area contributed by atoms with Gasteiger partial charge < -0.3 is 5.32 Å². The van der Waals surface area contributed by atoms with Crippen LogP contribution in [0.1, 0.15) is 4.88 Å². The number of anilines is 1. The summed E-state index contributed by atoms with van der Waals surface area (Å²) in [5, 5.41) is 6.32. The van der Waals surface area contributed by atoms with Crippen LogP contribution in [0.15, 0.2) is 66.0 Å². The van der Waals surface area contributed by atoms with E-state index in [1.54, 1.807) is 11.3 Å². The molecule has 3 rings (SSSR count). The normalized spacial score (nSPS) is 10.4. The Bertz CT molecular complexity index is 691. The molecule has 0 aliphatic rings. The van der Waals surface area contributed by atoms with Crippen molar-refractivity contribution in [3.05, 3.63) is 75.9 Å². The molecule has 0 aliphatic heterocycles. The Balaban J connectivity index is 1.71. The fourth-order valence-corrected chi connectivity index (χ4v) is 3.08. The molecular weight excluding hydrogens is 286 g/mol. The van der Waals surface area contributed by atoms with E-state index in [9.17, 15) is 0 Å². The van der Waals surface area contributed by atoms with E-state index in [0.717, 1.165) is 17.3 Å². The summed E-state index contributed by atoms with van der Waals surface area (Å²) in [7, 11) is 0. The van der Waals surface area contributed by atoms with Crippen molar-refractivity contribution in [3.63, 3.8) is 0 Å². The Morgan fingerprint density at radius 1 is 0.900 bits per heavy atom. The molecule has 3 aromatic rings. The third-order valence-electron chi connectivity index (χ3n) is 3.09. The third kappa shape index (κ3) is 3.03. The van der Waals surface area contributed by atoms with Gasteiger partial charge in [0.25, 0.3) is 0 Å². The second-order valence-corrected chi connectivity index (χ2v) is 5.90. The Morgan fingerprint density at radius 2 is 1.65 bits per heavy atom. The summed E-state index contributed by atoms with van der Waals surface area (Å²) in [6.45, 7) is 0.793. The van der Waals surface area contributed by atoms with Crippen LogP contribution in [-0.4, -0.2) is 0 Å². The van der Waals surface area contributed by atoms with Gasteiger partial charge in [0.1, 0.15) is 0 Å². The van der Waals surface area contributed by atoms with Crippen molar-refractivity contribution in [2.24, 2.45) is 0 Å². The summed E-state index contributed by atoms with van der Waals surface area (Å²) >= 11 is 7.90. The number of nitrogens with one attached hydrogen (secondary N) is 1. The third-order valence-corrected chi connectivity index (χ3v) is 4.35. The number of hydrogen-bond donors (Lipinski definition) is 1. The van der Waals surface area contributed by atoms with Crippen LogP contribution in [-0.2, 0) is 6.54 Å². The Hall–Kier alpha value is -1.77. The minimum absolute atomic E-state index is 0.757. The van der Waals surface area contributed by atoms with Crippen LogP contribution in [0.5, 0.6) is 0 Å². The molecule has 0 amide bonds. The molecule has 0 atom stereocenters. The van der Waals surface area contributed by atoms with Gasteiger partial charge in [-0.3, -0.25) is 0 Å². The van der Waals surface area contributed by atoms with E-state index in [0.29, 0.717) is 0 Å². The molecule has 0 aliphatic carbocycles. The molecule has 3 heteroatoms. The van der Waals surface area contributed by atoms with Gasteiger partial charge in [0.2, 0.25) is 0 Å². The number of benzene rings is 2. The summed E-state index contributed by atoms with van der Waals surface area (Å²) < 4.78 is 0. The molecule has 0 spiro atoms. The highest BCUT2D eigenvalue weighted by molar-refractivity contribution is 7.10. The molecule has 0 saturated carbocycles. The Morgan fingerprint density at radius 3 is 2.45 bits per heavy atom. The van der Waals surface area contributed by atoms with Gasteiger partial charge in [0, 0.05) is 11.4 Å². The average Bonchev–Trinajstić information content (AvgIpc) is 2.96. The zero-order valence-corrected chi connectivity index (χ0v) is 12.4. The van der Waals surface area contributed by atoms with Gasteiger partial charge in [-0.2, -0.15) is 0 Å². The predicted octanol–water partition coefficient (Wildman–Crippen LogP) is 5.68. The van der Waals surface area contributed by atoms with Crippen molar-refractivity contribution in [1.82, 2.24) is 0 Å². The topological polar surface area (TPSA) is 12.0 Å². The van der Waals surface area contributed by atoms with E-state index < -0.39 is 0 Å². The number of para-hydroxylation sites is 1. The van der Waals surface area contributed by atoms with Gasteiger partial charge in [0.05, 0.1) is 10.7 Å². The highest BCUT2D eigenvalue weighted by Crippen LogP contribution is 2.27. The first-order valence-corrected chi connectivity index (χ1v) is 7.70. The van der Waals surface area contributed by atoms with Gasteiger partial charge in [-0.25, -0.2) is 0 Å². The van der Waals surface area contributed by atoms with E-state index in [4.69, 9.17) is 11.6 Å². The van der Waals surface area contributed by atoms with E-state index in [2.05, 4.69) is 41.0 Å². The lowest BCUT2D eigenvalue weighted by Crippen LogP contribution is -1.97. The van der Waals surface area contributed by atoms with Crippen LogP contribution < -0.4 is 5.32 Å². The van der Waals surface area contributed by atoms with E-state index in [1.807, 2.05) is 30.3 Å². The van der Waals surface area contributed by atoms with E-state index in [-0.39, 0.29) is 0 Å². The summed E-state index contributed by atoms with van der Waals surface area (Å²) in [4.78, 5) is 1.30. The van der Waals surface area contributed by atoms with Gasteiger partial charge in [-0.15, -0.1) is 11.3 Å². The highest BCUT2D eigenvalue weighted by Gasteiger charge is 2.03. The number of halogens is 1. The molecule has 100 valence electrons. The molecular formula is C17H14ClNS. The van der Waals surface area contributed by atoms with Gasteiger partial charge >= 0.3 is 0 Å². The van der Waals surface area contributed by atoms with E-state index in [1.165, 1.54) is 16.0 Å².